The first-order chi connectivity index (χ1) is 7.15. The summed E-state index contributed by atoms with van der Waals surface area (Å²) < 4.78 is 10.6. The van der Waals surface area contributed by atoms with E-state index in [2.05, 4.69) is 10.1 Å². The third-order valence-electron chi connectivity index (χ3n) is 2.56. The lowest BCUT2D eigenvalue weighted by molar-refractivity contribution is -0.0221. The van der Waals surface area contributed by atoms with E-state index in [-0.39, 0.29) is 12.0 Å². The minimum atomic E-state index is 0.267. The minimum Gasteiger partial charge on any atom is -0.370 e. The zero-order valence-electron chi connectivity index (χ0n) is 9.14. The molecule has 0 unspecified atom stereocenters. The molecule has 1 aliphatic carbocycles. The van der Waals surface area contributed by atoms with Crippen molar-refractivity contribution in [1.82, 2.24) is 10.1 Å². The maximum absolute atomic E-state index is 5.65. The van der Waals surface area contributed by atoms with Gasteiger partial charge < -0.3 is 15.0 Å². The second kappa shape index (κ2) is 4.28. The van der Waals surface area contributed by atoms with Crippen LogP contribution in [-0.4, -0.2) is 22.3 Å². The normalized spacial score (nSPS) is 25.6. The lowest BCUT2D eigenvalue weighted by Gasteiger charge is -2.31. The number of nitrogens with two attached hydrogens (primary N) is 1. The third kappa shape index (κ3) is 2.54. The Balaban J connectivity index is 1.78. The molecule has 0 saturated heterocycles. The first-order valence-electron chi connectivity index (χ1n) is 5.35. The summed E-state index contributed by atoms with van der Waals surface area (Å²) in [6.07, 6.45) is 2.16. The van der Waals surface area contributed by atoms with Crippen LogP contribution in [0, 0.1) is 0 Å². The molecule has 0 aromatic carbocycles. The van der Waals surface area contributed by atoms with E-state index in [0.717, 1.165) is 12.8 Å². The fourth-order valence-electron chi connectivity index (χ4n) is 1.50. The summed E-state index contributed by atoms with van der Waals surface area (Å²) >= 11 is 0. The van der Waals surface area contributed by atoms with E-state index in [9.17, 15) is 0 Å². The number of rotatable bonds is 4. The van der Waals surface area contributed by atoms with Gasteiger partial charge in [-0.25, -0.2) is 0 Å². The van der Waals surface area contributed by atoms with Gasteiger partial charge in [0.1, 0.15) is 6.61 Å². The van der Waals surface area contributed by atoms with Gasteiger partial charge in [0, 0.05) is 12.0 Å². The number of aromatic nitrogens is 2. The largest absolute Gasteiger partial charge is 0.370 e. The predicted octanol–water partition coefficient (Wildman–Crippen LogP) is 1.20. The molecule has 1 heterocycles. The highest BCUT2D eigenvalue weighted by molar-refractivity contribution is 4.90. The van der Waals surface area contributed by atoms with E-state index in [1.807, 2.05) is 13.8 Å². The maximum Gasteiger partial charge on any atom is 0.229 e. The number of nitrogens with zero attached hydrogens (tertiary/aromatic N) is 2. The van der Waals surface area contributed by atoms with Gasteiger partial charge in [-0.2, -0.15) is 4.98 Å². The highest BCUT2D eigenvalue weighted by Gasteiger charge is 2.26. The van der Waals surface area contributed by atoms with Crippen molar-refractivity contribution < 1.29 is 9.26 Å². The number of hydrogen-bond donors (Lipinski definition) is 1. The number of hydrogen-bond acceptors (Lipinski definition) is 5. The quantitative estimate of drug-likeness (QED) is 0.810. The molecule has 0 bridgehead atoms. The Hall–Kier alpha value is -0.940. The van der Waals surface area contributed by atoms with Crippen molar-refractivity contribution in [3.05, 3.63) is 11.7 Å². The molecule has 0 aliphatic heterocycles. The highest BCUT2D eigenvalue weighted by Crippen LogP contribution is 2.22. The van der Waals surface area contributed by atoms with Gasteiger partial charge in [-0.1, -0.05) is 19.0 Å². The van der Waals surface area contributed by atoms with Crippen molar-refractivity contribution in [2.75, 3.05) is 0 Å². The molecule has 2 N–H and O–H groups in total. The topological polar surface area (TPSA) is 74.2 Å². The molecular formula is C10H17N3O2. The van der Waals surface area contributed by atoms with Crippen molar-refractivity contribution >= 4 is 0 Å². The molecule has 1 aromatic rings. The SMILES string of the molecule is CC(C)c1nc(COC2CC(N)C2)no1. The van der Waals surface area contributed by atoms with Crippen LogP contribution in [0.4, 0.5) is 0 Å². The zero-order valence-corrected chi connectivity index (χ0v) is 9.14. The van der Waals surface area contributed by atoms with Crippen molar-refractivity contribution in [3.8, 4) is 0 Å². The molecule has 0 spiro atoms. The Morgan fingerprint density at radius 2 is 2.27 bits per heavy atom. The van der Waals surface area contributed by atoms with Gasteiger partial charge in [-0.05, 0) is 12.8 Å². The summed E-state index contributed by atoms with van der Waals surface area (Å²) in [4.78, 5) is 4.23. The van der Waals surface area contributed by atoms with Crippen LogP contribution in [0.25, 0.3) is 0 Å². The Bertz CT molecular complexity index is 318. The van der Waals surface area contributed by atoms with Gasteiger partial charge in [-0.15, -0.1) is 0 Å². The molecule has 1 fully saturated rings. The highest BCUT2D eigenvalue weighted by atomic mass is 16.5. The van der Waals surface area contributed by atoms with Crippen LogP contribution in [0.2, 0.25) is 0 Å². The lowest BCUT2D eigenvalue weighted by Crippen LogP contribution is -2.41. The summed E-state index contributed by atoms with van der Waals surface area (Å²) in [5.41, 5.74) is 5.65. The van der Waals surface area contributed by atoms with Crippen LogP contribution in [-0.2, 0) is 11.3 Å². The van der Waals surface area contributed by atoms with Crippen LogP contribution >= 0.6 is 0 Å². The van der Waals surface area contributed by atoms with Gasteiger partial charge in [0.25, 0.3) is 0 Å². The molecule has 5 heteroatoms. The van der Waals surface area contributed by atoms with Gasteiger partial charge in [0.2, 0.25) is 5.89 Å². The smallest absolute Gasteiger partial charge is 0.229 e. The molecule has 84 valence electrons. The molecule has 2 rings (SSSR count). The van der Waals surface area contributed by atoms with Crippen LogP contribution in [0.3, 0.4) is 0 Å². The van der Waals surface area contributed by atoms with Gasteiger partial charge >= 0.3 is 0 Å². The summed E-state index contributed by atoms with van der Waals surface area (Å²) in [6.45, 7) is 4.46. The fourth-order valence-corrected chi connectivity index (χ4v) is 1.50. The Morgan fingerprint density at radius 1 is 1.53 bits per heavy atom. The van der Waals surface area contributed by atoms with Crippen LogP contribution in [0.5, 0.6) is 0 Å². The fraction of sp³-hybridized carbons (Fsp3) is 0.800. The first-order valence-corrected chi connectivity index (χ1v) is 5.35. The van der Waals surface area contributed by atoms with Crippen molar-refractivity contribution in [2.45, 2.75) is 51.4 Å². The molecule has 1 aromatic heterocycles. The van der Waals surface area contributed by atoms with E-state index in [4.69, 9.17) is 15.0 Å². The average molecular weight is 211 g/mol. The average Bonchev–Trinajstić information content (AvgIpc) is 2.59. The van der Waals surface area contributed by atoms with Crippen LogP contribution in [0.15, 0.2) is 4.52 Å². The van der Waals surface area contributed by atoms with E-state index < -0.39 is 0 Å². The van der Waals surface area contributed by atoms with Gasteiger partial charge in [0.15, 0.2) is 5.82 Å². The minimum absolute atomic E-state index is 0.267. The summed E-state index contributed by atoms with van der Waals surface area (Å²) in [7, 11) is 0. The summed E-state index contributed by atoms with van der Waals surface area (Å²) in [5, 5.41) is 3.84. The second-order valence-electron chi connectivity index (χ2n) is 4.37. The van der Waals surface area contributed by atoms with E-state index in [1.54, 1.807) is 0 Å². The Kier molecular flexibility index (Phi) is 3.02. The second-order valence-corrected chi connectivity index (χ2v) is 4.37. The van der Waals surface area contributed by atoms with E-state index in [1.165, 1.54) is 0 Å². The molecule has 0 atom stereocenters. The van der Waals surface area contributed by atoms with E-state index in [0.29, 0.717) is 24.4 Å². The lowest BCUT2D eigenvalue weighted by atomic mass is 9.90. The monoisotopic (exact) mass is 211 g/mol. The van der Waals surface area contributed by atoms with Crippen LogP contribution < -0.4 is 5.73 Å². The van der Waals surface area contributed by atoms with E-state index >= 15 is 0 Å². The molecule has 0 amide bonds. The van der Waals surface area contributed by atoms with Crippen molar-refractivity contribution in [3.63, 3.8) is 0 Å². The molecule has 5 nitrogen and oxygen atoms in total. The Labute approximate surface area is 89.0 Å². The molecule has 1 aliphatic rings. The first kappa shape index (κ1) is 10.6. The zero-order chi connectivity index (χ0) is 10.8. The van der Waals surface area contributed by atoms with Gasteiger partial charge in [0.05, 0.1) is 6.10 Å². The standard InChI is InChI=1S/C10H17N3O2/c1-6(2)10-12-9(13-15-10)5-14-8-3-7(11)4-8/h6-8H,3-5,11H2,1-2H3. The predicted molar refractivity (Wildman–Crippen MR) is 54.2 cm³/mol. The van der Waals surface area contributed by atoms with Crippen molar-refractivity contribution in [1.29, 1.82) is 0 Å². The summed E-state index contributed by atoms with van der Waals surface area (Å²) in [5.74, 6) is 1.56. The number of ether oxygens (including phenoxy) is 1. The Morgan fingerprint density at radius 3 is 2.80 bits per heavy atom. The van der Waals surface area contributed by atoms with Gasteiger partial charge in [-0.3, -0.25) is 0 Å². The molecular weight excluding hydrogens is 194 g/mol. The summed E-state index contributed by atoms with van der Waals surface area (Å²) in [6, 6.07) is 0.312. The maximum atomic E-state index is 5.65. The van der Waals surface area contributed by atoms with Crippen molar-refractivity contribution in [2.24, 2.45) is 5.73 Å². The molecule has 0 radical (unpaired) electrons. The third-order valence-corrected chi connectivity index (χ3v) is 2.56. The molecule has 1 saturated carbocycles. The van der Waals surface area contributed by atoms with Crippen LogP contribution in [0.1, 0.15) is 44.3 Å². The molecule has 15 heavy (non-hydrogen) atoms.